The molecule has 1 heterocycles. The molecular formula is C21H33N3O4S. The fourth-order valence-corrected chi connectivity index (χ4v) is 4.92. The van der Waals surface area contributed by atoms with Gasteiger partial charge in [0.1, 0.15) is 0 Å². The SMILES string of the molecule is CCN(CC)S(=O)(=O)c1ccc(C(=O)NC2CCN(C(=O)C(C)(C)C)CC2)cc1. The van der Waals surface area contributed by atoms with E-state index >= 15 is 0 Å². The number of carbonyl (C=O) groups excluding carboxylic acids is 2. The van der Waals surface area contributed by atoms with Crippen LogP contribution in [0, 0.1) is 5.41 Å². The summed E-state index contributed by atoms with van der Waals surface area (Å²) in [5, 5.41) is 3.00. The van der Waals surface area contributed by atoms with Gasteiger partial charge in [-0.05, 0) is 37.1 Å². The number of hydrogen-bond acceptors (Lipinski definition) is 4. The zero-order chi connectivity index (χ0) is 21.8. The number of benzene rings is 1. The Hall–Kier alpha value is -1.93. The molecule has 0 aromatic heterocycles. The smallest absolute Gasteiger partial charge is 0.251 e. The van der Waals surface area contributed by atoms with Crippen molar-refractivity contribution in [2.45, 2.75) is 58.4 Å². The normalized spacial score (nSPS) is 16.1. The Morgan fingerprint density at radius 2 is 1.59 bits per heavy atom. The zero-order valence-electron chi connectivity index (χ0n) is 18.1. The van der Waals surface area contributed by atoms with Gasteiger partial charge < -0.3 is 10.2 Å². The van der Waals surface area contributed by atoms with Crippen LogP contribution in [-0.2, 0) is 14.8 Å². The number of sulfonamides is 1. The van der Waals surface area contributed by atoms with E-state index in [1.165, 1.54) is 16.4 Å². The third kappa shape index (κ3) is 5.57. The van der Waals surface area contributed by atoms with Crippen LogP contribution in [0.25, 0.3) is 0 Å². The molecule has 1 aliphatic rings. The number of hydrogen-bond donors (Lipinski definition) is 1. The minimum atomic E-state index is -3.53. The molecule has 0 saturated carbocycles. The molecule has 2 rings (SSSR count). The van der Waals surface area contributed by atoms with Gasteiger partial charge in [0.05, 0.1) is 4.90 Å². The minimum absolute atomic E-state index is 0.00519. The topological polar surface area (TPSA) is 86.8 Å². The van der Waals surface area contributed by atoms with Gasteiger partial charge in [0.15, 0.2) is 0 Å². The van der Waals surface area contributed by atoms with Crippen LogP contribution in [0.3, 0.4) is 0 Å². The molecule has 0 spiro atoms. The summed E-state index contributed by atoms with van der Waals surface area (Å²) in [7, 11) is -3.53. The Morgan fingerprint density at radius 3 is 2.03 bits per heavy atom. The summed E-state index contributed by atoms with van der Waals surface area (Å²) in [6.45, 7) is 11.4. The van der Waals surface area contributed by atoms with E-state index in [1.54, 1.807) is 26.0 Å². The third-order valence-electron chi connectivity index (χ3n) is 5.22. The Kier molecular flexibility index (Phi) is 7.45. The maximum Gasteiger partial charge on any atom is 0.251 e. The second-order valence-corrected chi connectivity index (χ2v) is 10.3. The highest BCUT2D eigenvalue weighted by Crippen LogP contribution is 2.21. The molecular weight excluding hydrogens is 390 g/mol. The molecule has 8 heteroatoms. The number of piperidine rings is 1. The third-order valence-corrected chi connectivity index (χ3v) is 7.28. The van der Waals surface area contributed by atoms with E-state index in [2.05, 4.69) is 5.32 Å². The summed E-state index contributed by atoms with van der Waals surface area (Å²) >= 11 is 0. The Morgan fingerprint density at radius 1 is 1.07 bits per heavy atom. The van der Waals surface area contributed by atoms with Crippen molar-refractivity contribution in [1.82, 2.24) is 14.5 Å². The van der Waals surface area contributed by atoms with E-state index in [0.29, 0.717) is 44.6 Å². The van der Waals surface area contributed by atoms with Crippen LogP contribution in [0.1, 0.15) is 57.8 Å². The van der Waals surface area contributed by atoms with Crippen molar-refractivity contribution in [3.8, 4) is 0 Å². The number of rotatable bonds is 6. The summed E-state index contributed by atoms with van der Waals surface area (Å²) in [6.07, 6.45) is 1.42. The van der Waals surface area contributed by atoms with E-state index in [4.69, 9.17) is 0 Å². The standard InChI is InChI=1S/C21H33N3O4S/c1-6-24(7-2)29(27,28)18-10-8-16(9-11-18)19(25)22-17-12-14-23(15-13-17)20(26)21(3,4)5/h8-11,17H,6-7,12-15H2,1-5H3,(H,22,25). The first-order chi connectivity index (χ1) is 13.5. The van der Waals surface area contributed by atoms with Crippen molar-refractivity contribution in [3.05, 3.63) is 29.8 Å². The van der Waals surface area contributed by atoms with Crippen LogP contribution in [0.2, 0.25) is 0 Å². The van der Waals surface area contributed by atoms with Crippen molar-refractivity contribution >= 4 is 21.8 Å². The van der Waals surface area contributed by atoms with Crippen LogP contribution >= 0.6 is 0 Å². The molecule has 1 N–H and O–H groups in total. The lowest BCUT2D eigenvalue weighted by Gasteiger charge is -2.36. The summed E-state index contributed by atoms with van der Waals surface area (Å²) in [4.78, 5) is 26.9. The van der Waals surface area contributed by atoms with Gasteiger partial charge >= 0.3 is 0 Å². The van der Waals surface area contributed by atoms with Crippen molar-refractivity contribution < 1.29 is 18.0 Å². The van der Waals surface area contributed by atoms with E-state index in [9.17, 15) is 18.0 Å². The van der Waals surface area contributed by atoms with Crippen LogP contribution in [0.4, 0.5) is 0 Å². The molecule has 0 unspecified atom stereocenters. The van der Waals surface area contributed by atoms with Crippen molar-refractivity contribution in [2.24, 2.45) is 5.41 Å². The Bertz CT molecular complexity index is 816. The van der Waals surface area contributed by atoms with E-state index in [1.807, 2.05) is 25.7 Å². The lowest BCUT2D eigenvalue weighted by molar-refractivity contribution is -0.140. The Labute approximate surface area is 174 Å². The van der Waals surface area contributed by atoms with Crippen molar-refractivity contribution in [2.75, 3.05) is 26.2 Å². The van der Waals surface area contributed by atoms with Crippen LogP contribution < -0.4 is 5.32 Å². The van der Waals surface area contributed by atoms with E-state index < -0.39 is 15.4 Å². The van der Waals surface area contributed by atoms with Gasteiger partial charge in [-0.3, -0.25) is 9.59 Å². The number of nitrogens with zero attached hydrogens (tertiary/aromatic N) is 2. The number of amides is 2. The molecule has 2 amide bonds. The predicted molar refractivity (Wildman–Crippen MR) is 113 cm³/mol. The average molecular weight is 424 g/mol. The van der Waals surface area contributed by atoms with Crippen LogP contribution in [0.15, 0.2) is 29.2 Å². The molecule has 0 aliphatic carbocycles. The summed E-state index contributed by atoms with van der Waals surface area (Å²) in [5.74, 6) is -0.0929. The highest BCUT2D eigenvalue weighted by Gasteiger charge is 2.31. The molecule has 29 heavy (non-hydrogen) atoms. The first kappa shape index (κ1) is 23.3. The van der Waals surface area contributed by atoms with Gasteiger partial charge in [-0.15, -0.1) is 0 Å². The van der Waals surface area contributed by atoms with Crippen LogP contribution in [-0.4, -0.2) is 61.7 Å². The number of nitrogens with one attached hydrogen (secondary N) is 1. The molecule has 7 nitrogen and oxygen atoms in total. The predicted octanol–water partition coefficient (Wildman–Crippen LogP) is 2.48. The summed E-state index contributed by atoms with van der Waals surface area (Å²) < 4.78 is 26.5. The van der Waals surface area contributed by atoms with Gasteiger partial charge in [-0.1, -0.05) is 34.6 Å². The molecule has 1 saturated heterocycles. The van der Waals surface area contributed by atoms with Gasteiger partial charge in [0.25, 0.3) is 5.91 Å². The number of likely N-dealkylation sites (tertiary alicyclic amines) is 1. The lowest BCUT2D eigenvalue weighted by Crippen LogP contribution is -2.49. The molecule has 1 aliphatic heterocycles. The summed E-state index contributed by atoms with van der Waals surface area (Å²) in [5.41, 5.74) is 0.0280. The Balaban J connectivity index is 1.96. The van der Waals surface area contributed by atoms with E-state index in [-0.39, 0.29) is 22.8 Å². The van der Waals surface area contributed by atoms with Gasteiger partial charge in [0.2, 0.25) is 15.9 Å². The quantitative estimate of drug-likeness (QED) is 0.762. The molecule has 1 fully saturated rings. The first-order valence-corrected chi connectivity index (χ1v) is 11.6. The molecule has 0 radical (unpaired) electrons. The first-order valence-electron chi connectivity index (χ1n) is 10.2. The number of carbonyl (C=O) groups is 2. The highest BCUT2D eigenvalue weighted by molar-refractivity contribution is 7.89. The van der Waals surface area contributed by atoms with Crippen molar-refractivity contribution in [3.63, 3.8) is 0 Å². The molecule has 0 bridgehead atoms. The second-order valence-electron chi connectivity index (χ2n) is 8.40. The second kappa shape index (κ2) is 9.26. The molecule has 1 aromatic carbocycles. The van der Waals surface area contributed by atoms with Crippen LogP contribution in [0.5, 0.6) is 0 Å². The summed E-state index contributed by atoms with van der Waals surface area (Å²) in [6, 6.07) is 6.06. The minimum Gasteiger partial charge on any atom is -0.349 e. The lowest BCUT2D eigenvalue weighted by atomic mass is 9.93. The fraction of sp³-hybridized carbons (Fsp3) is 0.619. The molecule has 0 atom stereocenters. The van der Waals surface area contributed by atoms with Gasteiger partial charge in [-0.25, -0.2) is 8.42 Å². The van der Waals surface area contributed by atoms with E-state index in [0.717, 1.165) is 0 Å². The molecule has 162 valence electrons. The maximum absolute atomic E-state index is 12.5. The fourth-order valence-electron chi connectivity index (χ4n) is 3.46. The van der Waals surface area contributed by atoms with Gasteiger partial charge in [-0.2, -0.15) is 4.31 Å². The molecule has 1 aromatic rings. The monoisotopic (exact) mass is 423 g/mol. The average Bonchev–Trinajstić information content (AvgIpc) is 2.68. The highest BCUT2D eigenvalue weighted by atomic mass is 32.2. The van der Waals surface area contributed by atoms with Crippen molar-refractivity contribution in [1.29, 1.82) is 0 Å². The maximum atomic E-state index is 12.5. The zero-order valence-corrected chi connectivity index (χ0v) is 18.9. The van der Waals surface area contributed by atoms with Gasteiger partial charge in [0, 0.05) is 43.2 Å². The largest absolute Gasteiger partial charge is 0.349 e.